The van der Waals surface area contributed by atoms with Crippen molar-refractivity contribution in [1.82, 2.24) is 0 Å². The summed E-state index contributed by atoms with van der Waals surface area (Å²) in [5.74, 6) is 4.18. The zero-order valence-corrected chi connectivity index (χ0v) is 15.0. The minimum Gasteiger partial charge on any atom is -0.165 e. The first-order chi connectivity index (χ1) is 11.5. The molecule has 3 fully saturated rings. The summed E-state index contributed by atoms with van der Waals surface area (Å²) < 4.78 is 38.3. The van der Waals surface area contributed by atoms with E-state index in [2.05, 4.69) is 0 Å². The minimum absolute atomic E-state index is 0.366. The van der Waals surface area contributed by atoms with Gasteiger partial charge < -0.3 is 0 Å². The maximum absolute atomic E-state index is 12.8. The number of alkyl halides is 3. The molecule has 0 aliphatic heterocycles. The maximum Gasteiger partial charge on any atom is 0.425 e. The Morgan fingerprint density at radius 3 is 1.46 bits per heavy atom. The lowest BCUT2D eigenvalue weighted by atomic mass is 9.68. The van der Waals surface area contributed by atoms with Crippen LogP contribution in [0.25, 0.3) is 0 Å². The van der Waals surface area contributed by atoms with Crippen LogP contribution in [-0.4, -0.2) is 0 Å². The molecule has 4 heteroatoms. The molecule has 1 aromatic heterocycles. The van der Waals surface area contributed by atoms with Gasteiger partial charge in [-0.1, -0.05) is 0 Å². The standard InChI is InChI=1S/C20H27F3S/c21-20(22,23)19-12-11-18(24-19)17-9-7-16(8-10-17)15-5-3-14(4-6-15)13-1-2-13/h11-17H,1-10H2. The lowest BCUT2D eigenvalue weighted by Gasteiger charge is -2.37. The Morgan fingerprint density at radius 1 is 0.667 bits per heavy atom. The minimum atomic E-state index is -4.18. The monoisotopic (exact) mass is 356 g/mol. The number of halogens is 3. The summed E-state index contributed by atoms with van der Waals surface area (Å²) in [5.41, 5.74) is 0. The van der Waals surface area contributed by atoms with Crippen molar-refractivity contribution in [3.8, 4) is 0 Å². The molecule has 0 spiro atoms. The Bertz CT molecular complexity index is 541. The molecule has 3 aliphatic rings. The van der Waals surface area contributed by atoms with Gasteiger partial charge >= 0.3 is 6.18 Å². The van der Waals surface area contributed by atoms with Crippen molar-refractivity contribution < 1.29 is 13.2 Å². The molecular formula is C20H27F3S. The predicted octanol–water partition coefficient (Wildman–Crippen LogP) is 7.26. The fourth-order valence-electron chi connectivity index (χ4n) is 5.26. The topological polar surface area (TPSA) is 0 Å². The highest BCUT2D eigenvalue weighted by Gasteiger charge is 2.37. The van der Waals surface area contributed by atoms with E-state index < -0.39 is 11.1 Å². The molecule has 0 N–H and O–H groups in total. The van der Waals surface area contributed by atoms with Crippen molar-refractivity contribution in [2.75, 3.05) is 0 Å². The zero-order chi connectivity index (χ0) is 16.7. The van der Waals surface area contributed by atoms with Gasteiger partial charge in [-0.05, 0) is 106 Å². The fourth-order valence-corrected chi connectivity index (χ4v) is 6.30. The lowest BCUT2D eigenvalue weighted by molar-refractivity contribution is -0.134. The molecule has 0 saturated heterocycles. The molecule has 1 heterocycles. The molecule has 0 nitrogen and oxygen atoms in total. The summed E-state index contributed by atoms with van der Waals surface area (Å²) in [6, 6.07) is 2.99. The molecule has 1 aromatic rings. The third kappa shape index (κ3) is 3.68. The first-order valence-corrected chi connectivity index (χ1v) is 10.5. The molecule has 3 aliphatic carbocycles. The highest BCUT2D eigenvalue weighted by molar-refractivity contribution is 7.12. The van der Waals surface area contributed by atoms with E-state index in [1.54, 1.807) is 6.07 Å². The molecule has 0 unspecified atom stereocenters. The van der Waals surface area contributed by atoms with Crippen molar-refractivity contribution in [3.05, 3.63) is 21.9 Å². The van der Waals surface area contributed by atoms with Crippen molar-refractivity contribution in [2.45, 2.75) is 76.3 Å². The van der Waals surface area contributed by atoms with E-state index in [9.17, 15) is 13.2 Å². The van der Waals surface area contributed by atoms with E-state index in [4.69, 9.17) is 0 Å². The van der Waals surface area contributed by atoms with E-state index in [0.717, 1.165) is 52.7 Å². The Hall–Kier alpha value is -0.510. The summed E-state index contributed by atoms with van der Waals surface area (Å²) in [4.78, 5) is 0.524. The van der Waals surface area contributed by atoms with Crippen LogP contribution in [0.5, 0.6) is 0 Å². The molecular weight excluding hydrogens is 329 g/mol. The fraction of sp³-hybridized carbons (Fsp3) is 0.800. The van der Waals surface area contributed by atoms with Crippen LogP contribution in [0.1, 0.15) is 79.9 Å². The van der Waals surface area contributed by atoms with Crippen LogP contribution < -0.4 is 0 Å². The van der Waals surface area contributed by atoms with Crippen LogP contribution in [0.4, 0.5) is 13.2 Å². The Labute approximate surface area is 146 Å². The van der Waals surface area contributed by atoms with Gasteiger partial charge in [0.25, 0.3) is 0 Å². The second kappa shape index (κ2) is 6.66. The molecule has 24 heavy (non-hydrogen) atoms. The van der Waals surface area contributed by atoms with Gasteiger partial charge in [-0.25, -0.2) is 0 Å². The molecule has 4 rings (SSSR count). The number of hydrogen-bond acceptors (Lipinski definition) is 1. The van der Waals surface area contributed by atoms with Gasteiger partial charge in [0.1, 0.15) is 4.88 Å². The van der Waals surface area contributed by atoms with Gasteiger partial charge in [0.15, 0.2) is 0 Å². The van der Waals surface area contributed by atoms with E-state index in [0.29, 0.717) is 5.92 Å². The number of thiophene rings is 1. The van der Waals surface area contributed by atoms with Crippen LogP contribution >= 0.6 is 11.3 Å². The first-order valence-electron chi connectivity index (χ1n) is 9.67. The summed E-state index contributed by atoms with van der Waals surface area (Å²) >= 11 is 0.969. The van der Waals surface area contributed by atoms with Crippen LogP contribution in [0.15, 0.2) is 12.1 Å². The van der Waals surface area contributed by atoms with Gasteiger partial charge in [-0.2, -0.15) is 13.2 Å². The third-order valence-corrected chi connectivity index (χ3v) is 8.14. The van der Waals surface area contributed by atoms with Crippen molar-refractivity contribution in [3.63, 3.8) is 0 Å². The molecule has 134 valence electrons. The summed E-state index contributed by atoms with van der Waals surface area (Å²) in [6.07, 6.45) is 9.09. The molecule has 0 radical (unpaired) electrons. The Kier molecular flexibility index (Phi) is 4.70. The van der Waals surface area contributed by atoms with Crippen molar-refractivity contribution in [1.29, 1.82) is 0 Å². The van der Waals surface area contributed by atoms with Gasteiger partial charge in [0, 0.05) is 4.88 Å². The second-order valence-electron chi connectivity index (χ2n) is 8.32. The largest absolute Gasteiger partial charge is 0.425 e. The Balaban J connectivity index is 1.28. The van der Waals surface area contributed by atoms with Crippen LogP contribution in [0, 0.1) is 23.7 Å². The summed E-state index contributed by atoms with van der Waals surface area (Å²) in [6.45, 7) is 0. The summed E-state index contributed by atoms with van der Waals surface area (Å²) in [5, 5.41) is 0. The normalized spacial score (nSPS) is 35.1. The zero-order valence-electron chi connectivity index (χ0n) is 14.2. The molecule has 0 aromatic carbocycles. The predicted molar refractivity (Wildman–Crippen MR) is 92.2 cm³/mol. The molecule has 3 saturated carbocycles. The van der Waals surface area contributed by atoms with Crippen LogP contribution in [-0.2, 0) is 6.18 Å². The van der Waals surface area contributed by atoms with E-state index in [1.807, 2.05) is 0 Å². The molecule has 0 atom stereocenters. The second-order valence-corrected chi connectivity index (χ2v) is 9.44. The van der Waals surface area contributed by atoms with Crippen molar-refractivity contribution in [2.24, 2.45) is 23.7 Å². The smallest absolute Gasteiger partial charge is 0.165 e. The van der Waals surface area contributed by atoms with Crippen LogP contribution in [0.3, 0.4) is 0 Å². The average molecular weight is 356 g/mol. The maximum atomic E-state index is 12.8. The average Bonchev–Trinajstić information content (AvgIpc) is 3.30. The highest BCUT2D eigenvalue weighted by Crippen LogP contribution is 2.49. The van der Waals surface area contributed by atoms with Gasteiger partial charge in [-0.15, -0.1) is 11.3 Å². The molecule has 0 amide bonds. The van der Waals surface area contributed by atoms with Gasteiger partial charge in [0.05, 0.1) is 0 Å². The third-order valence-electron chi connectivity index (χ3n) is 6.85. The number of hydrogen-bond donors (Lipinski definition) is 0. The molecule has 0 bridgehead atoms. The Morgan fingerprint density at radius 2 is 1.08 bits per heavy atom. The number of rotatable bonds is 3. The van der Waals surface area contributed by atoms with Gasteiger partial charge in [-0.3, -0.25) is 0 Å². The van der Waals surface area contributed by atoms with Crippen molar-refractivity contribution >= 4 is 11.3 Å². The van der Waals surface area contributed by atoms with E-state index >= 15 is 0 Å². The van der Waals surface area contributed by atoms with E-state index in [-0.39, 0.29) is 0 Å². The quantitative estimate of drug-likeness (QED) is 0.535. The first kappa shape index (κ1) is 16.9. The lowest BCUT2D eigenvalue weighted by Crippen LogP contribution is -2.25. The SMILES string of the molecule is FC(F)(F)c1ccc(C2CCC(C3CCC(C4CC4)CC3)CC2)s1. The summed E-state index contributed by atoms with van der Waals surface area (Å²) in [7, 11) is 0. The van der Waals surface area contributed by atoms with Gasteiger partial charge in [0.2, 0.25) is 0 Å². The van der Waals surface area contributed by atoms with Crippen LogP contribution in [0.2, 0.25) is 0 Å². The highest BCUT2D eigenvalue weighted by atomic mass is 32.1. The van der Waals surface area contributed by atoms with E-state index in [1.165, 1.54) is 57.4 Å².